The predicted octanol–water partition coefficient (Wildman–Crippen LogP) is 2.17. The Morgan fingerprint density at radius 1 is 1.45 bits per heavy atom. The Morgan fingerprint density at radius 2 is 2.24 bits per heavy atom. The van der Waals surface area contributed by atoms with E-state index in [1.54, 1.807) is 25.6 Å². The third kappa shape index (κ3) is 6.23. The molecule has 29 heavy (non-hydrogen) atoms. The summed E-state index contributed by atoms with van der Waals surface area (Å²) < 4.78 is 5.20. The number of nitrogens with one attached hydrogen (secondary N) is 1. The lowest BCUT2D eigenvalue weighted by Gasteiger charge is -2.29. The Hall–Kier alpha value is -3.56. The van der Waals surface area contributed by atoms with Crippen LogP contribution in [0.4, 0.5) is 0 Å². The van der Waals surface area contributed by atoms with Gasteiger partial charge in [0.05, 0.1) is 7.11 Å². The van der Waals surface area contributed by atoms with Gasteiger partial charge in [-0.05, 0) is 42.3 Å². The van der Waals surface area contributed by atoms with Crippen LogP contribution in [0.1, 0.15) is 16.7 Å². The van der Waals surface area contributed by atoms with Crippen molar-refractivity contribution in [3.8, 4) is 17.6 Å². The molecule has 3 rings (SSSR count). The number of carbonyl (C=O) groups is 1. The molecule has 0 fully saturated rings. The van der Waals surface area contributed by atoms with Crippen LogP contribution in [-0.4, -0.2) is 43.0 Å². The van der Waals surface area contributed by atoms with E-state index in [9.17, 15) is 4.79 Å². The van der Waals surface area contributed by atoms with Gasteiger partial charge in [0.15, 0.2) is 0 Å². The van der Waals surface area contributed by atoms with Crippen LogP contribution in [0, 0.1) is 11.8 Å². The first-order chi connectivity index (χ1) is 14.0. The number of likely N-dealkylation sites (N-methyl/N-ethyl adjacent to an activating group) is 1. The van der Waals surface area contributed by atoms with Crippen LogP contribution in [0.15, 0.2) is 61.6 Å². The number of aromatic nitrogens is 1. The van der Waals surface area contributed by atoms with E-state index >= 15 is 0 Å². The summed E-state index contributed by atoms with van der Waals surface area (Å²) in [5.41, 5.74) is 10.5. The zero-order chi connectivity index (χ0) is 21.2. The highest BCUT2D eigenvalue weighted by molar-refractivity contribution is 5.67. The first-order valence-electron chi connectivity index (χ1n) is 9.09. The van der Waals surface area contributed by atoms with E-state index in [1.165, 1.54) is 11.1 Å². The standard InChI is InChI=1S/C12H15NO.C11H11N3O/c1-9-12-5-4-11(14-3)8-10(12)6-7-13(9)2;1-9(14-8-15)11(12)5-4-10-3-2-6-13-7-10/h4-5,8H,1,6-7H2,2-3H3;2-3,6-8,11H,1,12H2,(H,14,15). The molecule has 1 aromatic carbocycles. The molecule has 2 heterocycles. The van der Waals surface area contributed by atoms with Gasteiger partial charge in [0.2, 0.25) is 6.41 Å². The molecule has 150 valence electrons. The summed E-state index contributed by atoms with van der Waals surface area (Å²) in [6.07, 6.45) is 4.89. The number of hydrogen-bond donors (Lipinski definition) is 2. The van der Waals surface area contributed by atoms with Crippen LogP contribution < -0.4 is 15.8 Å². The minimum Gasteiger partial charge on any atom is -0.497 e. The lowest BCUT2D eigenvalue weighted by atomic mass is 9.97. The minimum absolute atomic E-state index is 0.376. The molecule has 1 atom stereocenters. The van der Waals surface area contributed by atoms with Gasteiger partial charge in [0.1, 0.15) is 11.8 Å². The van der Waals surface area contributed by atoms with E-state index in [0.717, 1.165) is 30.0 Å². The average molecular weight is 390 g/mol. The van der Waals surface area contributed by atoms with Gasteiger partial charge in [-0.15, -0.1) is 0 Å². The lowest BCUT2D eigenvalue weighted by Crippen LogP contribution is -2.28. The summed E-state index contributed by atoms with van der Waals surface area (Å²) in [4.78, 5) is 16.2. The van der Waals surface area contributed by atoms with E-state index in [1.807, 2.05) is 12.1 Å². The molecule has 6 heteroatoms. The Kier molecular flexibility index (Phi) is 8.01. The number of nitrogens with zero attached hydrogens (tertiary/aromatic N) is 2. The summed E-state index contributed by atoms with van der Waals surface area (Å²) in [6.45, 7) is 8.69. The SMILES string of the molecule is C=C(NC=O)C(N)C#Cc1cccnc1.C=C1c2ccc(OC)cc2CCN1C. The maximum Gasteiger partial charge on any atom is 0.211 e. The number of amides is 1. The van der Waals surface area contributed by atoms with Gasteiger partial charge in [-0.1, -0.05) is 25.0 Å². The largest absolute Gasteiger partial charge is 0.497 e. The number of benzene rings is 1. The van der Waals surface area contributed by atoms with Crippen molar-refractivity contribution < 1.29 is 9.53 Å². The molecule has 1 aliphatic rings. The fraction of sp³-hybridized carbons (Fsp3) is 0.217. The summed E-state index contributed by atoms with van der Waals surface area (Å²) in [5.74, 6) is 6.51. The first-order valence-corrected chi connectivity index (χ1v) is 9.09. The molecule has 1 aromatic heterocycles. The van der Waals surface area contributed by atoms with Crippen LogP contribution in [-0.2, 0) is 11.2 Å². The fourth-order valence-electron chi connectivity index (χ4n) is 2.66. The molecule has 0 spiro atoms. The van der Waals surface area contributed by atoms with E-state index in [0.29, 0.717) is 12.1 Å². The van der Waals surface area contributed by atoms with Gasteiger partial charge in [-0.2, -0.15) is 0 Å². The molecule has 0 saturated carbocycles. The second kappa shape index (κ2) is 10.7. The monoisotopic (exact) mass is 390 g/mol. The Balaban J connectivity index is 0.000000207. The smallest absolute Gasteiger partial charge is 0.211 e. The van der Waals surface area contributed by atoms with Crippen molar-refractivity contribution in [2.24, 2.45) is 5.73 Å². The molecular weight excluding hydrogens is 364 g/mol. The van der Waals surface area contributed by atoms with E-state index in [2.05, 4.69) is 59.4 Å². The molecule has 0 aliphatic carbocycles. The number of pyridine rings is 1. The van der Waals surface area contributed by atoms with Crippen molar-refractivity contribution >= 4 is 12.1 Å². The summed E-state index contributed by atoms with van der Waals surface area (Å²) in [5, 5.41) is 2.36. The van der Waals surface area contributed by atoms with Crippen molar-refractivity contribution in [2.75, 3.05) is 20.7 Å². The van der Waals surface area contributed by atoms with Crippen molar-refractivity contribution in [1.82, 2.24) is 15.2 Å². The molecule has 2 aromatic rings. The number of nitrogens with two attached hydrogens (primary N) is 1. The van der Waals surface area contributed by atoms with Crippen molar-refractivity contribution in [3.63, 3.8) is 0 Å². The van der Waals surface area contributed by atoms with Gasteiger partial charge < -0.3 is 20.7 Å². The van der Waals surface area contributed by atoms with E-state index in [-0.39, 0.29) is 0 Å². The number of methoxy groups -OCH3 is 1. The van der Waals surface area contributed by atoms with E-state index < -0.39 is 6.04 Å². The third-order valence-electron chi connectivity index (χ3n) is 4.45. The topological polar surface area (TPSA) is 80.5 Å². The number of carbonyl (C=O) groups excluding carboxylic acids is 1. The number of ether oxygens (including phenoxy) is 1. The highest BCUT2D eigenvalue weighted by atomic mass is 16.5. The number of hydrogen-bond acceptors (Lipinski definition) is 5. The molecule has 6 nitrogen and oxygen atoms in total. The zero-order valence-corrected chi connectivity index (χ0v) is 16.8. The maximum atomic E-state index is 10.1. The predicted molar refractivity (Wildman–Crippen MR) is 116 cm³/mol. The van der Waals surface area contributed by atoms with Gasteiger partial charge >= 0.3 is 0 Å². The molecule has 3 N–H and O–H groups in total. The van der Waals surface area contributed by atoms with Crippen LogP contribution >= 0.6 is 0 Å². The highest BCUT2D eigenvalue weighted by Crippen LogP contribution is 2.28. The Bertz CT molecular complexity index is 929. The third-order valence-corrected chi connectivity index (χ3v) is 4.45. The zero-order valence-electron chi connectivity index (χ0n) is 16.8. The first kappa shape index (κ1) is 21.7. The Labute approximate surface area is 172 Å². The van der Waals surface area contributed by atoms with Crippen LogP contribution in [0.25, 0.3) is 5.70 Å². The molecule has 0 radical (unpaired) electrons. The highest BCUT2D eigenvalue weighted by Gasteiger charge is 2.16. The van der Waals surface area contributed by atoms with Gasteiger partial charge in [-0.3, -0.25) is 9.78 Å². The van der Waals surface area contributed by atoms with Crippen molar-refractivity contribution in [1.29, 1.82) is 0 Å². The molecule has 1 aliphatic heterocycles. The summed E-state index contributed by atoms with van der Waals surface area (Å²) >= 11 is 0. The van der Waals surface area contributed by atoms with Gasteiger partial charge in [0, 0.05) is 48.5 Å². The summed E-state index contributed by atoms with van der Waals surface area (Å²) in [6, 6.07) is 9.22. The van der Waals surface area contributed by atoms with Crippen molar-refractivity contribution in [3.05, 3.63) is 78.3 Å². The number of fused-ring (bicyclic) bond motifs is 1. The second-order valence-corrected chi connectivity index (χ2v) is 6.42. The van der Waals surface area contributed by atoms with Crippen LogP contribution in [0.3, 0.4) is 0 Å². The quantitative estimate of drug-likeness (QED) is 0.618. The molecule has 0 saturated heterocycles. The van der Waals surface area contributed by atoms with Crippen molar-refractivity contribution in [2.45, 2.75) is 12.5 Å². The molecule has 0 bridgehead atoms. The van der Waals surface area contributed by atoms with Gasteiger partial charge in [-0.25, -0.2) is 0 Å². The minimum atomic E-state index is -0.574. The van der Waals surface area contributed by atoms with E-state index in [4.69, 9.17) is 10.5 Å². The second-order valence-electron chi connectivity index (χ2n) is 6.42. The maximum absolute atomic E-state index is 10.1. The van der Waals surface area contributed by atoms with Crippen LogP contribution in [0.5, 0.6) is 5.75 Å². The normalized spacial score (nSPS) is 12.9. The molecular formula is C23H26N4O2. The number of rotatable bonds is 4. The van der Waals surface area contributed by atoms with Gasteiger partial charge in [0.25, 0.3) is 0 Å². The molecule has 1 amide bonds. The molecule has 1 unspecified atom stereocenters. The fourth-order valence-corrected chi connectivity index (χ4v) is 2.66. The average Bonchev–Trinajstić information content (AvgIpc) is 2.75. The summed E-state index contributed by atoms with van der Waals surface area (Å²) in [7, 11) is 3.78. The van der Waals surface area contributed by atoms with Crippen LogP contribution in [0.2, 0.25) is 0 Å². The Morgan fingerprint density at radius 3 is 2.90 bits per heavy atom. The lowest BCUT2D eigenvalue weighted by molar-refractivity contribution is -0.109.